The molecular weight excluding hydrogens is 508 g/mol. The molecule has 186 valence electrons. The molecule has 2 aromatic rings. The van der Waals surface area contributed by atoms with Crippen LogP contribution >= 0.6 is 0 Å². The summed E-state index contributed by atoms with van der Waals surface area (Å²) in [7, 11) is 3.82. The van der Waals surface area contributed by atoms with E-state index in [-0.39, 0.29) is 14.9 Å². The number of hydrogen-bond donors (Lipinski definition) is 2. The van der Waals surface area contributed by atoms with Crippen LogP contribution in [-0.4, -0.2) is 21.0 Å². The summed E-state index contributed by atoms with van der Waals surface area (Å²) in [6, 6.07) is 20.1. The molecule has 0 unspecified atom stereocenters. The Morgan fingerprint density at radius 3 is 1.03 bits per heavy atom. The predicted octanol–water partition coefficient (Wildman–Crippen LogP) is 7.61. The Morgan fingerprint density at radius 1 is 0.618 bits per heavy atom. The van der Waals surface area contributed by atoms with Crippen LogP contribution in [0.25, 0.3) is 0 Å². The minimum atomic E-state index is 0. The Kier molecular flexibility index (Phi) is 26.1. The van der Waals surface area contributed by atoms with Crippen molar-refractivity contribution in [3.8, 4) is 0 Å². The molecule has 2 N–H and O–H groups in total. The standard InChI is InChI=1S/2C7H9N.2C7H9.2CH3.H2Si.Zr/c2*1-8-7-5-3-2-4-6-7;2*1-6-3-4-7(2)5-6;;;;/h2*2-6,8H,1H3;2*5H,3H2,1-2H3;2*1H3;1H2;/q;;4*-1;;. The molecule has 0 aliphatic heterocycles. The van der Waals surface area contributed by atoms with E-state index in [0.29, 0.717) is 0 Å². The monoisotopic (exact) mass is 550 g/mol. The van der Waals surface area contributed by atoms with Gasteiger partial charge in [0.1, 0.15) is 0 Å². The summed E-state index contributed by atoms with van der Waals surface area (Å²) in [6.07, 6.45) is 12.8. The molecule has 4 rings (SSSR count). The van der Waals surface area contributed by atoms with Crippen molar-refractivity contribution in [2.75, 3.05) is 24.7 Å². The van der Waals surface area contributed by atoms with Crippen molar-refractivity contribution in [1.82, 2.24) is 0 Å². The molecule has 2 nitrogen and oxygen atoms in total. The van der Waals surface area contributed by atoms with E-state index in [1.54, 1.807) is 23.3 Å². The second kappa shape index (κ2) is 24.2. The summed E-state index contributed by atoms with van der Waals surface area (Å²) < 4.78 is 0. The van der Waals surface area contributed by atoms with Gasteiger partial charge >= 0.3 is 30.2 Å². The molecule has 0 amide bonds. The zero-order valence-electron chi connectivity index (χ0n) is 22.5. The fourth-order valence-corrected chi connectivity index (χ4v) is 2.71. The molecule has 2 aromatic carbocycles. The molecule has 34 heavy (non-hydrogen) atoms. The van der Waals surface area contributed by atoms with Gasteiger partial charge in [0, 0.05) is 25.5 Å². The second-order valence-corrected chi connectivity index (χ2v) is 7.29. The van der Waals surface area contributed by atoms with Gasteiger partial charge in [-0.2, -0.15) is 11.1 Å². The van der Waals surface area contributed by atoms with Gasteiger partial charge in [-0.05, 0) is 24.3 Å². The Balaban J connectivity index is -0.000000361. The van der Waals surface area contributed by atoms with E-state index in [4.69, 9.17) is 0 Å². The number of allylic oxidation sites excluding steroid dienone is 8. The van der Waals surface area contributed by atoms with Crippen molar-refractivity contribution in [1.29, 1.82) is 0 Å². The SMILES string of the molecule is CC1=[C-]CC(C)=C1.CC1=[C-]CC(C)=C1.CNc1ccccc1.CNc1ccccc1.[CH3-].[CH3-].[SiH2]=[Zr]. The normalized spacial score (nSPS) is 12.0. The number of hydrogen-bond acceptors (Lipinski definition) is 2. The minimum absolute atomic E-state index is 0. The maximum absolute atomic E-state index is 3.19. The van der Waals surface area contributed by atoms with Crippen molar-refractivity contribution in [2.45, 2.75) is 40.5 Å². The van der Waals surface area contributed by atoms with Crippen molar-refractivity contribution in [3.63, 3.8) is 0 Å². The molecule has 0 spiro atoms. The first-order valence-electron chi connectivity index (χ1n) is 10.7. The average molecular weight is 552 g/mol. The molecule has 0 saturated heterocycles. The van der Waals surface area contributed by atoms with Gasteiger partial charge in [-0.3, -0.25) is 12.2 Å². The number of nitrogens with one attached hydrogen (secondary N) is 2. The van der Waals surface area contributed by atoms with E-state index in [9.17, 15) is 0 Å². The van der Waals surface area contributed by atoms with Gasteiger partial charge in [0.2, 0.25) is 0 Å². The first-order valence-corrected chi connectivity index (χ1v) is 16.7. The van der Waals surface area contributed by atoms with Crippen LogP contribution in [0.5, 0.6) is 0 Å². The van der Waals surface area contributed by atoms with Crippen LogP contribution in [0.15, 0.2) is 95.1 Å². The zero-order valence-corrected chi connectivity index (χ0v) is 26.4. The number of rotatable bonds is 2. The third kappa shape index (κ3) is 19.6. The van der Waals surface area contributed by atoms with Crippen molar-refractivity contribution in [3.05, 3.63) is 122 Å². The summed E-state index contributed by atoms with van der Waals surface area (Å²) in [5, 5.41) is 6.05. The Labute approximate surface area is 227 Å². The first-order chi connectivity index (χ1) is 15.4. The van der Waals surface area contributed by atoms with Gasteiger partial charge < -0.3 is 25.5 Å². The van der Waals surface area contributed by atoms with E-state index in [2.05, 4.69) is 62.6 Å². The number of benzene rings is 2. The van der Waals surface area contributed by atoms with Gasteiger partial charge in [0.05, 0.1) is 0 Å². The molecule has 4 heteroatoms. The van der Waals surface area contributed by atoms with E-state index >= 15 is 0 Å². The molecule has 0 heterocycles. The second-order valence-electron chi connectivity index (χ2n) is 7.29. The van der Waals surface area contributed by atoms with Crippen molar-refractivity contribution < 1.29 is 23.3 Å². The van der Waals surface area contributed by atoms with Crippen LogP contribution in [0.1, 0.15) is 40.5 Å². The molecule has 2 aliphatic carbocycles. The molecule has 2 aliphatic rings. The fourth-order valence-electron chi connectivity index (χ4n) is 2.71. The molecular formula is C30H44N2SiZr-4. The van der Waals surface area contributed by atoms with E-state index < -0.39 is 0 Å². The van der Waals surface area contributed by atoms with Gasteiger partial charge in [-0.15, -0.1) is 12.8 Å². The molecule has 0 radical (unpaired) electrons. The summed E-state index contributed by atoms with van der Waals surface area (Å²) >= 11 is 1.58. The third-order valence-electron chi connectivity index (χ3n) is 4.34. The van der Waals surface area contributed by atoms with E-state index in [1.165, 1.54) is 22.3 Å². The quantitative estimate of drug-likeness (QED) is 0.296. The van der Waals surface area contributed by atoms with Crippen LogP contribution in [-0.2, 0) is 23.3 Å². The molecule has 0 aromatic heterocycles. The zero-order chi connectivity index (χ0) is 24.2. The molecule has 0 fully saturated rings. The predicted molar refractivity (Wildman–Crippen MR) is 155 cm³/mol. The Morgan fingerprint density at radius 2 is 0.912 bits per heavy atom. The molecule has 0 atom stereocenters. The van der Waals surface area contributed by atoms with Gasteiger partial charge in [0.15, 0.2) is 0 Å². The third-order valence-corrected chi connectivity index (χ3v) is 4.34. The fraction of sp³-hybridized carbons (Fsp3) is 0.267. The topological polar surface area (TPSA) is 24.1 Å². The molecule has 0 bridgehead atoms. The summed E-state index contributed by atoms with van der Waals surface area (Å²) in [6.45, 7) is 10.4. The van der Waals surface area contributed by atoms with Crippen LogP contribution in [0.3, 0.4) is 0 Å². The average Bonchev–Trinajstić information content (AvgIpc) is 3.42. The van der Waals surface area contributed by atoms with Crippen LogP contribution in [0.2, 0.25) is 0 Å². The number of para-hydroxylation sites is 2. The summed E-state index contributed by atoms with van der Waals surface area (Å²) in [5.41, 5.74) is 7.75. The van der Waals surface area contributed by atoms with Gasteiger partial charge in [-0.1, -0.05) is 64.1 Å². The summed E-state index contributed by atoms with van der Waals surface area (Å²) in [5.74, 6) is 0. The van der Waals surface area contributed by atoms with Crippen LogP contribution < -0.4 is 10.6 Å². The van der Waals surface area contributed by atoms with Gasteiger partial charge in [-0.25, -0.2) is 23.3 Å². The van der Waals surface area contributed by atoms with E-state index in [0.717, 1.165) is 24.2 Å². The van der Waals surface area contributed by atoms with Crippen LogP contribution in [0, 0.1) is 27.0 Å². The summed E-state index contributed by atoms with van der Waals surface area (Å²) in [4.78, 5) is 0. The Bertz CT molecular complexity index is 796. The van der Waals surface area contributed by atoms with E-state index in [1.807, 2.05) is 81.6 Å². The number of anilines is 2. The van der Waals surface area contributed by atoms with Crippen molar-refractivity contribution >= 4 is 18.3 Å². The van der Waals surface area contributed by atoms with Gasteiger partial charge in [0.25, 0.3) is 0 Å². The Hall–Kier alpha value is -1.90. The molecule has 0 saturated carbocycles. The van der Waals surface area contributed by atoms with Crippen molar-refractivity contribution in [2.24, 2.45) is 0 Å². The van der Waals surface area contributed by atoms with Crippen LogP contribution in [0.4, 0.5) is 11.4 Å². The first kappa shape index (κ1) is 36.7. The maximum atomic E-state index is 3.19.